The molecule has 0 atom stereocenters. The van der Waals surface area contributed by atoms with Crippen molar-refractivity contribution in [2.75, 3.05) is 18.4 Å². The number of nitrogens with zero attached hydrogens (tertiary/aromatic N) is 1. The number of nitrogens with one attached hydrogen (secondary N) is 4. The largest absolute Gasteiger partial charge is 0.351 e. The number of aromatic amines is 1. The van der Waals surface area contributed by atoms with Crippen LogP contribution in [-0.4, -0.2) is 40.8 Å². The Morgan fingerprint density at radius 2 is 1.88 bits per heavy atom. The van der Waals surface area contributed by atoms with E-state index in [4.69, 9.17) is 0 Å². The average Bonchev–Trinajstić information content (AvgIpc) is 3.27. The van der Waals surface area contributed by atoms with E-state index in [-0.39, 0.29) is 19.0 Å². The lowest BCUT2D eigenvalue weighted by molar-refractivity contribution is -0.136. The summed E-state index contributed by atoms with van der Waals surface area (Å²) < 4.78 is 0. The SMILES string of the molecule is O=C(NCCNC(=O)c1cc2ccccc2[nH]1)C(=O)Nc1nccs1. The number of fused-ring (bicyclic) bond motifs is 1. The Labute approximate surface area is 146 Å². The number of hydrogen-bond acceptors (Lipinski definition) is 5. The van der Waals surface area contributed by atoms with Crippen molar-refractivity contribution in [2.45, 2.75) is 0 Å². The molecular formula is C16H15N5O3S. The molecule has 0 bridgehead atoms. The highest BCUT2D eigenvalue weighted by Gasteiger charge is 2.14. The van der Waals surface area contributed by atoms with E-state index in [0.29, 0.717) is 10.8 Å². The van der Waals surface area contributed by atoms with E-state index < -0.39 is 11.8 Å². The zero-order chi connectivity index (χ0) is 17.6. The van der Waals surface area contributed by atoms with E-state index >= 15 is 0 Å². The van der Waals surface area contributed by atoms with Gasteiger partial charge >= 0.3 is 11.8 Å². The van der Waals surface area contributed by atoms with Crippen molar-refractivity contribution in [1.82, 2.24) is 20.6 Å². The third-order valence-electron chi connectivity index (χ3n) is 3.33. The second-order valence-corrected chi connectivity index (χ2v) is 5.97. The van der Waals surface area contributed by atoms with Gasteiger partial charge in [0, 0.05) is 35.6 Å². The summed E-state index contributed by atoms with van der Waals surface area (Å²) in [6.45, 7) is 0.334. The van der Waals surface area contributed by atoms with Gasteiger partial charge in [-0.15, -0.1) is 11.3 Å². The lowest BCUT2D eigenvalue weighted by Gasteiger charge is -2.06. The van der Waals surface area contributed by atoms with Crippen molar-refractivity contribution >= 4 is 45.1 Å². The molecule has 3 rings (SSSR count). The molecule has 0 aliphatic heterocycles. The molecule has 0 saturated heterocycles. The number of anilines is 1. The molecule has 0 spiro atoms. The molecule has 0 saturated carbocycles. The van der Waals surface area contributed by atoms with Crippen molar-refractivity contribution in [2.24, 2.45) is 0 Å². The minimum absolute atomic E-state index is 0.135. The topological polar surface area (TPSA) is 116 Å². The van der Waals surface area contributed by atoms with E-state index in [0.717, 1.165) is 10.9 Å². The quantitative estimate of drug-likeness (QED) is 0.404. The number of rotatable bonds is 5. The van der Waals surface area contributed by atoms with Gasteiger partial charge in [-0.25, -0.2) is 4.98 Å². The molecule has 1 aromatic carbocycles. The van der Waals surface area contributed by atoms with Gasteiger partial charge in [-0.05, 0) is 12.1 Å². The standard InChI is InChI=1S/C16H15N5O3S/c22-13(12-9-10-3-1-2-4-11(10)20-12)17-5-6-18-14(23)15(24)21-16-19-7-8-25-16/h1-4,7-9,20H,5-6H2,(H,17,22)(H,18,23)(H,19,21,24). The number of aromatic nitrogens is 2. The zero-order valence-electron chi connectivity index (χ0n) is 13.0. The lowest BCUT2D eigenvalue weighted by Crippen LogP contribution is -2.40. The van der Waals surface area contributed by atoms with Crippen molar-refractivity contribution in [3.8, 4) is 0 Å². The van der Waals surface area contributed by atoms with Gasteiger partial charge in [0.25, 0.3) is 5.91 Å². The molecule has 0 fully saturated rings. The second-order valence-electron chi connectivity index (χ2n) is 5.07. The Morgan fingerprint density at radius 1 is 1.08 bits per heavy atom. The van der Waals surface area contributed by atoms with Crippen LogP contribution in [0.4, 0.5) is 5.13 Å². The smallest absolute Gasteiger partial charge is 0.315 e. The first-order valence-electron chi connectivity index (χ1n) is 7.48. The number of carbonyl (C=O) groups excluding carboxylic acids is 3. The molecule has 4 N–H and O–H groups in total. The van der Waals surface area contributed by atoms with Gasteiger partial charge in [0.15, 0.2) is 5.13 Å². The number of amides is 3. The highest BCUT2D eigenvalue weighted by Crippen LogP contribution is 2.14. The van der Waals surface area contributed by atoms with Crippen LogP contribution in [-0.2, 0) is 9.59 Å². The van der Waals surface area contributed by atoms with Crippen LogP contribution in [0.15, 0.2) is 41.9 Å². The second kappa shape index (κ2) is 7.58. The molecule has 0 unspecified atom stereocenters. The number of H-pyrrole nitrogens is 1. The Morgan fingerprint density at radius 3 is 2.64 bits per heavy atom. The molecule has 2 aromatic heterocycles. The Hall–Kier alpha value is -3.20. The van der Waals surface area contributed by atoms with Gasteiger partial charge in [-0.2, -0.15) is 0 Å². The van der Waals surface area contributed by atoms with Gasteiger partial charge in [0.05, 0.1) is 0 Å². The summed E-state index contributed by atoms with van der Waals surface area (Å²) in [6, 6.07) is 9.32. The maximum atomic E-state index is 12.1. The van der Waals surface area contributed by atoms with Crippen molar-refractivity contribution < 1.29 is 14.4 Å². The van der Waals surface area contributed by atoms with Gasteiger partial charge in [0.1, 0.15) is 5.69 Å². The third kappa shape index (κ3) is 4.21. The molecule has 0 aliphatic rings. The highest BCUT2D eigenvalue weighted by molar-refractivity contribution is 7.13. The normalized spacial score (nSPS) is 10.4. The van der Waals surface area contributed by atoms with Gasteiger partial charge < -0.3 is 15.6 Å². The molecule has 25 heavy (non-hydrogen) atoms. The predicted molar refractivity (Wildman–Crippen MR) is 94.4 cm³/mol. The lowest BCUT2D eigenvalue weighted by atomic mass is 10.2. The van der Waals surface area contributed by atoms with Crippen LogP contribution in [0.2, 0.25) is 0 Å². The molecule has 0 radical (unpaired) electrons. The molecule has 2 heterocycles. The van der Waals surface area contributed by atoms with Gasteiger partial charge in [-0.3, -0.25) is 19.7 Å². The Bertz CT molecular complexity index is 871. The van der Waals surface area contributed by atoms with Crippen LogP contribution in [0.3, 0.4) is 0 Å². The molecule has 9 heteroatoms. The summed E-state index contributed by atoms with van der Waals surface area (Å²) in [5.74, 6) is -1.86. The van der Waals surface area contributed by atoms with Crippen molar-refractivity contribution in [1.29, 1.82) is 0 Å². The van der Waals surface area contributed by atoms with E-state index in [2.05, 4.69) is 25.9 Å². The van der Waals surface area contributed by atoms with Gasteiger partial charge in [0.2, 0.25) is 0 Å². The van der Waals surface area contributed by atoms with Crippen LogP contribution >= 0.6 is 11.3 Å². The molecule has 3 aromatic rings. The maximum absolute atomic E-state index is 12.1. The van der Waals surface area contributed by atoms with E-state index in [1.807, 2.05) is 24.3 Å². The predicted octanol–water partition coefficient (Wildman–Crippen LogP) is 1.11. The summed E-state index contributed by atoms with van der Waals surface area (Å²) in [6.07, 6.45) is 1.53. The van der Waals surface area contributed by atoms with Crippen molar-refractivity contribution in [3.05, 3.63) is 47.6 Å². The van der Waals surface area contributed by atoms with Crippen LogP contribution in [0.5, 0.6) is 0 Å². The highest BCUT2D eigenvalue weighted by atomic mass is 32.1. The fourth-order valence-corrected chi connectivity index (χ4v) is 2.69. The first kappa shape index (κ1) is 16.7. The van der Waals surface area contributed by atoms with E-state index in [9.17, 15) is 14.4 Å². The number of hydrogen-bond donors (Lipinski definition) is 4. The first-order valence-corrected chi connectivity index (χ1v) is 8.36. The zero-order valence-corrected chi connectivity index (χ0v) is 13.9. The van der Waals surface area contributed by atoms with E-state index in [1.165, 1.54) is 17.5 Å². The monoisotopic (exact) mass is 357 g/mol. The van der Waals surface area contributed by atoms with Crippen molar-refractivity contribution in [3.63, 3.8) is 0 Å². The van der Waals surface area contributed by atoms with Crippen LogP contribution < -0.4 is 16.0 Å². The fourth-order valence-electron chi connectivity index (χ4n) is 2.16. The Kier molecular flexibility index (Phi) is 5.05. The minimum atomic E-state index is -0.795. The minimum Gasteiger partial charge on any atom is -0.351 e. The maximum Gasteiger partial charge on any atom is 0.315 e. The third-order valence-corrected chi connectivity index (χ3v) is 4.02. The van der Waals surface area contributed by atoms with Gasteiger partial charge in [-0.1, -0.05) is 18.2 Å². The fraction of sp³-hybridized carbons (Fsp3) is 0.125. The first-order chi connectivity index (χ1) is 12.1. The number of para-hydroxylation sites is 1. The Balaban J connectivity index is 1.42. The number of benzene rings is 1. The summed E-state index contributed by atoms with van der Waals surface area (Å²) in [5, 5.41) is 10.5. The van der Waals surface area contributed by atoms with E-state index in [1.54, 1.807) is 11.4 Å². The molecule has 128 valence electrons. The van der Waals surface area contributed by atoms with Crippen LogP contribution in [0, 0.1) is 0 Å². The molecular weight excluding hydrogens is 342 g/mol. The molecule has 8 nitrogen and oxygen atoms in total. The van der Waals surface area contributed by atoms with Crippen LogP contribution in [0.25, 0.3) is 10.9 Å². The summed E-state index contributed by atoms with van der Waals surface area (Å²) in [5.41, 5.74) is 1.31. The molecule has 0 aliphatic carbocycles. The summed E-state index contributed by atoms with van der Waals surface area (Å²) in [7, 11) is 0. The summed E-state index contributed by atoms with van der Waals surface area (Å²) >= 11 is 1.22. The van der Waals surface area contributed by atoms with Crippen LogP contribution in [0.1, 0.15) is 10.5 Å². The number of carbonyl (C=O) groups is 3. The summed E-state index contributed by atoms with van der Waals surface area (Å²) in [4.78, 5) is 42.2. The molecule has 3 amide bonds. The number of thiazole rings is 1. The average molecular weight is 357 g/mol.